The van der Waals surface area contributed by atoms with Crippen molar-refractivity contribution in [1.29, 1.82) is 0 Å². The van der Waals surface area contributed by atoms with E-state index < -0.39 is 0 Å². The molecule has 1 aromatic heterocycles. The Kier molecular flexibility index (Phi) is 3.17. The average molecular weight is 238 g/mol. The molecule has 1 atom stereocenters. The molecule has 0 amide bonds. The second kappa shape index (κ2) is 4.33. The Morgan fingerprint density at radius 3 is 2.76 bits per heavy atom. The van der Waals surface area contributed by atoms with Crippen molar-refractivity contribution in [3.05, 3.63) is 11.8 Å². The van der Waals surface area contributed by atoms with Crippen LogP contribution in [-0.4, -0.2) is 28.6 Å². The number of aromatic nitrogens is 2. The first kappa shape index (κ1) is 12.4. The molecule has 1 aliphatic rings. The third kappa shape index (κ3) is 2.80. The normalized spacial score (nSPS) is 20.2. The fraction of sp³-hybridized carbons (Fsp3) is 0.769. The minimum absolute atomic E-state index is 0.0576. The van der Waals surface area contributed by atoms with Gasteiger partial charge in [0.25, 0.3) is 0 Å². The van der Waals surface area contributed by atoms with E-state index in [-0.39, 0.29) is 17.6 Å². The lowest BCUT2D eigenvalue weighted by Crippen LogP contribution is -2.34. The van der Waals surface area contributed by atoms with E-state index in [1.807, 2.05) is 24.6 Å². The standard InChI is InChI=1S/C13H22N2O2/c1-9(2)17-10-7-15-12(16-8-10)6-11(14-15)13(3,4)5/h6,9-10H,7-8H2,1-5H3/t10-/m1/s1. The topological polar surface area (TPSA) is 36.3 Å². The van der Waals surface area contributed by atoms with Crippen molar-refractivity contribution in [2.45, 2.75) is 58.8 Å². The molecule has 0 bridgehead atoms. The SMILES string of the molecule is CC(C)O[C@H]1COc2cc(C(C)(C)C)nn2C1. The average Bonchev–Trinajstić information content (AvgIpc) is 2.58. The lowest BCUT2D eigenvalue weighted by molar-refractivity contribution is -0.0436. The first-order valence-corrected chi connectivity index (χ1v) is 6.23. The van der Waals surface area contributed by atoms with Crippen molar-refractivity contribution >= 4 is 0 Å². The molecule has 0 aromatic carbocycles. The van der Waals surface area contributed by atoms with Crippen LogP contribution in [0, 0.1) is 0 Å². The summed E-state index contributed by atoms with van der Waals surface area (Å²) < 4.78 is 13.4. The number of ether oxygens (including phenoxy) is 2. The molecule has 96 valence electrons. The fourth-order valence-electron chi connectivity index (χ4n) is 1.90. The summed E-state index contributed by atoms with van der Waals surface area (Å²) >= 11 is 0. The van der Waals surface area contributed by atoms with Crippen molar-refractivity contribution in [2.24, 2.45) is 0 Å². The number of nitrogens with zero attached hydrogens (tertiary/aromatic N) is 2. The summed E-state index contributed by atoms with van der Waals surface area (Å²) in [4.78, 5) is 0. The van der Waals surface area contributed by atoms with Crippen LogP contribution in [0.5, 0.6) is 5.88 Å². The van der Waals surface area contributed by atoms with Gasteiger partial charge in [0, 0.05) is 11.5 Å². The van der Waals surface area contributed by atoms with Crippen molar-refractivity contribution in [1.82, 2.24) is 9.78 Å². The van der Waals surface area contributed by atoms with Crippen molar-refractivity contribution in [3.63, 3.8) is 0 Å². The van der Waals surface area contributed by atoms with Crippen LogP contribution in [0.1, 0.15) is 40.3 Å². The van der Waals surface area contributed by atoms with E-state index in [0.29, 0.717) is 6.61 Å². The van der Waals surface area contributed by atoms with Crippen molar-refractivity contribution in [3.8, 4) is 5.88 Å². The van der Waals surface area contributed by atoms with Gasteiger partial charge in [-0.1, -0.05) is 20.8 Å². The second-order valence-corrected chi connectivity index (χ2v) is 5.92. The van der Waals surface area contributed by atoms with Gasteiger partial charge in [0.2, 0.25) is 5.88 Å². The fourth-order valence-corrected chi connectivity index (χ4v) is 1.90. The summed E-state index contributed by atoms with van der Waals surface area (Å²) in [6.45, 7) is 12.0. The molecule has 0 saturated carbocycles. The monoisotopic (exact) mass is 238 g/mol. The molecule has 2 heterocycles. The Morgan fingerprint density at radius 1 is 1.47 bits per heavy atom. The molecule has 1 aliphatic heterocycles. The molecular weight excluding hydrogens is 216 g/mol. The van der Waals surface area contributed by atoms with E-state index in [1.54, 1.807) is 0 Å². The zero-order valence-corrected chi connectivity index (χ0v) is 11.4. The number of fused-ring (bicyclic) bond motifs is 1. The van der Waals surface area contributed by atoms with Gasteiger partial charge in [-0.3, -0.25) is 0 Å². The molecule has 0 N–H and O–H groups in total. The van der Waals surface area contributed by atoms with Gasteiger partial charge in [0.1, 0.15) is 12.7 Å². The molecule has 1 aromatic rings. The van der Waals surface area contributed by atoms with Crippen molar-refractivity contribution in [2.75, 3.05) is 6.61 Å². The predicted molar refractivity (Wildman–Crippen MR) is 66.4 cm³/mol. The third-order valence-electron chi connectivity index (χ3n) is 2.77. The van der Waals surface area contributed by atoms with Gasteiger partial charge < -0.3 is 9.47 Å². The quantitative estimate of drug-likeness (QED) is 0.793. The van der Waals surface area contributed by atoms with E-state index in [1.165, 1.54) is 0 Å². The molecule has 0 aliphatic carbocycles. The highest BCUT2D eigenvalue weighted by Crippen LogP contribution is 2.27. The number of hydrogen-bond acceptors (Lipinski definition) is 3. The molecule has 0 radical (unpaired) electrons. The minimum atomic E-state index is 0.0576. The largest absolute Gasteiger partial charge is 0.475 e. The maximum atomic E-state index is 5.76. The minimum Gasteiger partial charge on any atom is -0.475 e. The van der Waals surface area contributed by atoms with Gasteiger partial charge in [-0.15, -0.1) is 0 Å². The van der Waals surface area contributed by atoms with Crippen LogP contribution >= 0.6 is 0 Å². The maximum Gasteiger partial charge on any atom is 0.212 e. The molecule has 4 nitrogen and oxygen atoms in total. The molecule has 0 fully saturated rings. The van der Waals surface area contributed by atoms with E-state index in [9.17, 15) is 0 Å². The molecule has 4 heteroatoms. The number of rotatable bonds is 2. The van der Waals surface area contributed by atoms with Crippen LogP contribution in [0.25, 0.3) is 0 Å². The number of hydrogen-bond donors (Lipinski definition) is 0. The van der Waals surface area contributed by atoms with E-state index in [4.69, 9.17) is 9.47 Å². The van der Waals surface area contributed by atoms with Gasteiger partial charge in [-0.05, 0) is 13.8 Å². The Morgan fingerprint density at radius 2 is 2.18 bits per heavy atom. The highest BCUT2D eigenvalue weighted by molar-refractivity contribution is 5.22. The summed E-state index contributed by atoms with van der Waals surface area (Å²) in [7, 11) is 0. The molecule has 0 spiro atoms. The highest BCUT2D eigenvalue weighted by atomic mass is 16.5. The van der Waals surface area contributed by atoms with Gasteiger partial charge in [0.05, 0.1) is 18.3 Å². The zero-order valence-electron chi connectivity index (χ0n) is 11.4. The molecule has 2 rings (SSSR count). The van der Waals surface area contributed by atoms with Crippen LogP contribution < -0.4 is 4.74 Å². The van der Waals surface area contributed by atoms with Gasteiger partial charge in [-0.2, -0.15) is 5.10 Å². The Bertz CT molecular complexity index is 391. The van der Waals surface area contributed by atoms with Crippen LogP contribution in [-0.2, 0) is 16.7 Å². The Labute approximate surface area is 103 Å². The second-order valence-electron chi connectivity index (χ2n) is 5.92. The summed E-state index contributed by atoms with van der Waals surface area (Å²) in [5.74, 6) is 0.860. The van der Waals surface area contributed by atoms with Crippen molar-refractivity contribution < 1.29 is 9.47 Å². The summed E-state index contributed by atoms with van der Waals surface area (Å²) in [5.41, 5.74) is 1.12. The maximum absolute atomic E-state index is 5.76. The lowest BCUT2D eigenvalue weighted by Gasteiger charge is -2.25. The Hall–Kier alpha value is -1.03. The predicted octanol–water partition coefficient (Wildman–Crippen LogP) is 2.37. The summed E-state index contributed by atoms with van der Waals surface area (Å²) in [6, 6.07) is 2.03. The molecule has 17 heavy (non-hydrogen) atoms. The first-order chi connectivity index (χ1) is 7.86. The summed E-state index contributed by atoms with van der Waals surface area (Å²) in [6.07, 6.45) is 0.331. The summed E-state index contributed by atoms with van der Waals surface area (Å²) in [5, 5.41) is 4.59. The first-order valence-electron chi connectivity index (χ1n) is 6.23. The van der Waals surface area contributed by atoms with Crippen LogP contribution in [0.15, 0.2) is 6.07 Å². The lowest BCUT2D eigenvalue weighted by atomic mass is 9.93. The highest BCUT2D eigenvalue weighted by Gasteiger charge is 2.26. The van der Waals surface area contributed by atoms with E-state index >= 15 is 0 Å². The van der Waals surface area contributed by atoms with E-state index in [2.05, 4.69) is 25.9 Å². The van der Waals surface area contributed by atoms with Gasteiger partial charge in [-0.25, -0.2) is 4.68 Å². The van der Waals surface area contributed by atoms with Crippen LogP contribution in [0.3, 0.4) is 0 Å². The van der Waals surface area contributed by atoms with Gasteiger partial charge in [0.15, 0.2) is 0 Å². The molecule has 0 unspecified atom stereocenters. The Balaban J connectivity index is 2.13. The van der Waals surface area contributed by atoms with E-state index in [0.717, 1.165) is 18.1 Å². The molecule has 0 saturated heterocycles. The smallest absolute Gasteiger partial charge is 0.212 e. The van der Waals surface area contributed by atoms with Gasteiger partial charge >= 0.3 is 0 Å². The zero-order chi connectivity index (χ0) is 12.6. The molecular formula is C13H22N2O2. The third-order valence-corrected chi connectivity index (χ3v) is 2.77. The van der Waals surface area contributed by atoms with Crippen LogP contribution in [0.4, 0.5) is 0 Å². The van der Waals surface area contributed by atoms with Crippen LogP contribution in [0.2, 0.25) is 0 Å².